The highest BCUT2D eigenvalue weighted by molar-refractivity contribution is 7.47. The molecule has 0 aromatic rings. The summed E-state index contributed by atoms with van der Waals surface area (Å²) in [5.74, 6) is -1.55. The number of aliphatic hydroxyl groups is 1. The van der Waals surface area contributed by atoms with Crippen LogP contribution in [0.1, 0.15) is 226 Å². The Labute approximate surface area is 474 Å². The van der Waals surface area contributed by atoms with Crippen molar-refractivity contribution in [3.8, 4) is 0 Å². The van der Waals surface area contributed by atoms with E-state index in [4.69, 9.17) is 23.3 Å². The lowest BCUT2D eigenvalue weighted by molar-refractivity contribution is -0.161. The van der Waals surface area contributed by atoms with E-state index in [0.29, 0.717) is 19.3 Å². The maximum atomic E-state index is 12.9. The van der Waals surface area contributed by atoms with Gasteiger partial charge in [-0.1, -0.05) is 212 Å². The minimum atomic E-state index is -4.78. The number of rotatable bonds is 54. The van der Waals surface area contributed by atoms with Crippen molar-refractivity contribution in [2.45, 2.75) is 238 Å². The summed E-state index contributed by atoms with van der Waals surface area (Å²) in [6, 6.07) is 0. The monoisotopic (exact) mass is 1110 g/mol. The Bertz CT molecular complexity index is 1820. The van der Waals surface area contributed by atoms with E-state index in [1.54, 1.807) is 0 Å². The molecule has 0 rings (SSSR count). The molecule has 0 aliphatic heterocycles. The normalized spacial score (nSPS) is 14.3. The maximum absolute atomic E-state index is 12.9. The summed E-state index contributed by atoms with van der Waals surface area (Å²) in [6.07, 6.45) is 74.0. The van der Waals surface area contributed by atoms with Crippen LogP contribution in [-0.4, -0.2) is 66.5 Å². The second kappa shape index (κ2) is 58.8. The van der Waals surface area contributed by atoms with E-state index in [1.807, 2.05) is 0 Å². The minimum Gasteiger partial charge on any atom is -0.462 e. The first-order chi connectivity index (χ1) is 38.2. The van der Waals surface area contributed by atoms with Crippen molar-refractivity contribution in [2.75, 3.05) is 26.4 Å². The van der Waals surface area contributed by atoms with Crippen LogP contribution in [0.15, 0.2) is 134 Å². The number of hydrogen-bond acceptors (Lipinski definition) is 10. The number of phosphoric ester groups is 1. The highest BCUT2D eigenvalue weighted by Gasteiger charge is 2.28. The van der Waals surface area contributed by atoms with Crippen molar-refractivity contribution >= 4 is 25.7 Å². The first-order valence-corrected chi connectivity index (χ1v) is 31.6. The van der Waals surface area contributed by atoms with Gasteiger partial charge in [-0.2, -0.15) is 0 Å². The molecule has 12 heteroatoms. The first-order valence-electron chi connectivity index (χ1n) is 30.1. The van der Waals surface area contributed by atoms with Crippen LogP contribution in [0.5, 0.6) is 0 Å². The van der Waals surface area contributed by atoms with E-state index in [0.717, 1.165) is 167 Å². The molecule has 0 aromatic heterocycles. The number of carbonyl (C=O) groups is 3. The summed E-state index contributed by atoms with van der Waals surface area (Å²) in [5.41, 5.74) is 0. The maximum Gasteiger partial charge on any atom is 0.472 e. The molecule has 3 unspecified atom stereocenters. The van der Waals surface area contributed by atoms with E-state index in [2.05, 4.69) is 154 Å². The zero-order valence-electron chi connectivity index (χ0n) is 48.8. The zero-order chi connectivity index (χ0) is 56.9. The predicted octanol–water partition coefficient (Wildman–Crippen LogP) is 18.1. The van der Waals surface area contributed by atoms with Crippen LogP contribution in [0.4, 0.5) is 0 Å². The van der Waals surface area contributed by atoms with Gasteiger partial charge in [-0.3, -0.25) is 23.4 Å². The van der Waals surface area contributed by atoms with Crippen LogP contribution in [0.2, 0.25) is 0 Å². The molecular formula is C66H107O11P. The van der Waals surface area contributed by atoms with E-state index < -0.39 is 57.8 Å². The van der Waals surface area contributed by atoms with Crippen molar-refractivity contribution in [1.29, 1.82) is 0 Å². The van der Waals surface area contributed by atoms with Gasteiger partial charge < -0.3 is 24.2 Å². The van der Waals surface area contributed by atoms with Crippen LogP contribution < -0.4 is 0 Å². The van der Waals surface area contributed by atoms with E-state index in [-0.39, 0.29) is 25.9 Å². The number of allylic oxidation sites excluding steroid dienone is 22. The molecule has 11 nitrogen and oxygen atoms in total. The number of esters is 3. The standard InChI is InChI=1S/C66H107O11P/c1-4-7-10-13-16-19-22-25-27-29-31-33-35-38-40-43-46-49-52-55-64(68)73-59-63(77-66(70)57-54-51-48-45-42-39-36-34-32-30-28-26-23-20-17-14-11-8-5-2)61-75-78(71,72)74-60-62(58-67)76-65(69)56-53-50-47-44-41-37-24-21-18-15-12-9-6-3/h7-8,10-12,15-17,19-21,24-28,31-34,39,42,62-63,67H,4-6,9,13-14,18,22-23,29-30,35-38,40-41,43-61H2,1-3H3,(H,71,72)/b10-7-,11-8-,15-12-,19-16-,20-17-,24-21-,27-25-,28-26-,33-31-,34-32-,42-39-. The van der Waals surface area contributed by atoms with Crippen LogP contribution in [0.25, 0.3) is 0 Å². The topological polar surface area (TPSA) is 155 Å². The average molecular weight is 1110 g/mol. The highest BCUT2D eigenvalue weighted by atomic mass is 31.2. The molecule has 3 atom stereocenters. The molecule has 0 amide bonds. The highest BCUT2D eigenvalue weighted by Crippen LogP contribution is 2.43. The van der Waals surface area contributed by atoms with Gasteiger partial charge >= 0.3 is 25.7 Å². The first kappa shape index (κ1) is 73.6. The molecule has 442 valence electrons. The Hall–Kier alpha value is -4.38. The van der Waals surface area contributed by atoms with Gasteiger partial charge in [0, 0.05) is 19.3 Å². The Morgan fingerprint density at radius 3 is 1.04 bits per heavy atom. The second-order valence-electron chi connectivity index (χ2n) is 19.4. The lowest BCUT2D eigenvalue weighted by atomic mass is 10.1. The molecule has 0 saturated heterocycles. The summed E-state index contributed by atoms with van der Waals surface area (Å²) in [6.45, 7) is 4.27. The molecule has 78 heavy (non-hydrogen) atoms. The van der Waals surface area contributed by atoms with Crippen LogP contribution in [-0.2, 0) is 42.2 Å². The third kappa shape index (κ3) is 56.3. The fourth-order valence-corrected chi connectivity index (χ4v) is 8.31. The molecule has 0 aromatic carbocycles. The number of phosphoric acid groups is 1. The van der Waals surface area contributed by atoms with Gasteiger partial charge in [-0.15, -0.1) is 0 Å². The predicted molar refractivity (Wildman–Crippen MR) is 325 cm³/mol. The second-order valence-corrected chi connectivity index (χ2v) is 20.8. The van der Waals surface area contributed by atoms with E-state index in [1.165, 1.54) is 0 Å². The fourth-order valence-electron chi connectivity index (χ4n) is 7.53. The van der Waals surface area contributed by atoms with Crippen LogP contribution in [0.3, 0.4) is 0 Å². The number of hydrogen-bond donors (Lipinski definition) is 2. The van der Waals surface area contributed by atoms with Crippen LogP contribution >= 0.6 is 7.82 Å². The summed E-state index contributed by atoms with van der Waals surface area (Å²) in [5, 5.41) is 9.82. The molecule has 0 heterocycles. The minimum absolute atomic E-state index is 0.117. The van der Waals surface area contributed by atoms with Crippen molar-refractivity contribution in [1.82, 2.24) is 0 Å². The molecule has 0 spiro atoms. The van der Waals surface area contributed by atoms with Crippen molar-refractivity contribution in [3.05, 3.63) is 134 Å². The Balaban J connectivity index is 4.84. The number of aliphatic hydroxyl groups excluding tert-OH is 1. The average Bonchev–Trinajstić information content (AvgIpc) is 3.43. The summed E-state index contributed by atoms with van der Waals surface area (Å²) >= 11 is 0. The smallest absolute Gasteiger partial charge is 0.462 e. The third-order valence-electron chi connectivity index (χ3n) is 12.0. The number of carbonyl (C=O) groups excluding carboxylic acids is 3. The molecule has 2 N–H and O–H groups in total. The molecule has 0 fully saturated rings. The summed E-state index contributed by atoms with van der Waals surface area (Å²) in [7, 11) is -4.78. The molecule has 0 radical (unpaired) electrons. The van der Waals surface area contributed by atoms with E-state index >= 15 is 0 Å². The summed E-state index contributed by atoms with van der Waals surface area (Å²) in [4.78, 5) is 48.6. The van der Waals surface area contributed by atoms with Crippen molar-refractivity contribution < 1.29 is 52.2 Å². The van der Waals surface area contributed by atoms with Gasteiger partial charge in [-0.05, 0) is 128 Å². The lowest BCUT2D eigenvalue weighted by Crippen LogP contribution is -2.30. The lowest BCUT2D eigenvalue weighted by Gasteiger charge is -2.21. The van der Waals surface area contributed by atoms with Gasteiger partial charge in [0.15, 0.2) is 6.10 Å². The van der Waals surface area contributed by atoms with Gasteiger partial charge in [0.25, 0.3) is 0 Å². The van der Waals surface area contributed by atoms with Gasteiger partial charge in [0.1, 0.15) is 12.7 Å². The number of unbranched alkanes of at least 4 members (excludes halogenated alkanes) is 15. The van der Waals surface area contributed by atoms with Gasteiger partial charge in [0.05, 0.1) is 19.8 Å². The molecule has 0 aliphatic rings. The molecular weight excluding hydrogens is 1000 g/mol. The Morgan fingerprint density at radius 2 is 0.667 bits per heavy atom. The Morgan fingerprint density at radius 1 is 0.372 bits per heavy atom. The fraction of sp³-hybridized carbons (Fsp3) is 0.621. The van der Waals surface area contributed by atoms with Crippen molar-refractivity contribution in [2.24, 2.45) is 0 Å². The number of ether oxygens (including phenoxy) is 3. The largest absolute Gasteiger partial charge is 0.472 e. The van der Waals surface area contributed by atoms with E-state index in [9.17, 15) is 28.9 Å². The molecule has 0 saturated carbocycles. The SMILES string of the molecule is CC/C=C\C/C=C\C/C=C\C/C=C\C/C=C\CCCCCC(=O)OC(COC(=O)CCCCCCCC/C=C\C/C=C\C/C=C\C/C=C\CC)COP(=O)(O)OCC(CO)OC(=O)CCCCCCC/C=C\C/C=C\CCC. The van der Waals surface area contributed by atoms with Crippen LogP contribution in [0, 0.1) is 0 Å². The summed E-state index contributed by atoms with van der Waals surface area (Å²) < 4.78 is 39.5. The Kier molecular flexibility index (Phi) is 55.5. The molecule has 0 aliphatic carbocycles. The van der Waals surface area contributed by atoms with Gasteiger partial charge in [0.2, 0.25) is 0 Å². The quantitative estimate of drug-likeness (QED) is 0.0197. The van der Waals surface area contributed by atoms with Gasteiger partial charge in [-0.25, -0.2) is 4.57 Å². The molecule has 0 bridgehead atoms. The third-order valence-corrected chi connectivity index (χ3v) is 13.0. The zero-order valence-corrected chi connectivity index (χ0v) is 49.7. The van der Waals surface area contributed by atoms with Crippen molar-refractivity contribution in [3.63, 3.8) is 0 Å².